The summed E-state index contributed by atoms with van der Waals surface area (Å²) in [7, 11) is 1.35. The Morgan fingerprint density at radius 1 is 1.61 bits per heavy atom. The first-order valence-corrected chi connectivity index (χ1v) is 6.06. The van der Waals surface area contributed by atoms with Crippen LogP contribution in [0.3, 0.4) is 0 Å². The normalized spacial score (nSPS) is 10.3. The van der Waals surface area contributed by atoms with Gasteiger partial charge in [-0.2, -0.15) is 0 Å². The molecule has 0 bridgehead atoms. The van der Waals surface area contributed by atoms with Gasteiger partial charge in [0.2, 0.25) is 5.91 Å². The third-order valence-electron chi connectivity index (χ3n) is 2.00. The standard InChI is InChI=1S/C11H11BrN2O4/c1-18-10-5-4-8(7-9(10)14(16)17)13-11(15)3-2-6-12/h2-5,7H,6H2,1H3,(H,13,15)/b3-2+. The molecule has 0 radical (unpaired) electrons. The lowest BCUT2D eigenvalue weighted by Crippen LogP contribution is -2.08. The maximum atomic E-state index is 11.4. The summed E-state index contributed by atoms with van der Waals surface area (Å²) in [5, 5.41) is 13.9. The number of allylic oxidation sites excluding steroid dienone is 1. The van der Waals surface area contributed by atoms with Gasteiger partial charge in [-0.1, -0.05) is 22.0 Å². The Labute approximate surface area is 112 Å². The molecular formula is C11H11BrN2O4. The van der Waals surface area contributed by atoms with Crippen molar-refractivity contribution in [2.75, 3.05) is 17.8 Å². The van der Waals surface area contributed by atoms with E-state index in [4.69, 9.17) is 4.74 Å². The fraction of sp³-hybridized carbons (Fsp3) is 0.182. The van der Waals surface area contributed by atoms with Crippen LogP contribution in [0.15, 0.2) is 30.4 Å². The highest BCUT2D eigenvalue weighted by Crippen LogP contribution is 2.29. The number of hydrogen-bond acceptors (Lipinski definition) is 4. The molecule has 0 aliphatic heterocycles. The van der Waals surface area contributed by atoms with E-state index in [1.54, 1.807) is 6.08 Å². The number of amides is 1. The van der Waals surface area contributed by atoms with Crippen LogP contribution < -0.4 is 10.1 Å². The lowest BCUT2D eigenvalue weighted by molar-refractivity contribution is -0.385. The topological polar surface area (TPSA) is 81.5 Å². The number of methoxy groups -OCH3 is 1. The zero-order valence-electron chi connectivity index (χ0n) is 9.55. The molecule has 96 valence electrons. The van der Waals surface area contributed by atoms with E-state index in [0.29, 0.717) is 11.0 Å². The van der Waals surface area contributed by atoms with Crippen LogP contribution in [0.25, 0.3) is 0 Å². The van der Waals surface area contributed by atoms with E-state index in [1.807, 2.05) is 0 Å². The second-order valence-electron chi connectivity index (χ2n) is 3.19. The molecule has 1 rings (SSSR count). The summed E-state index contributed by atoms with van der Waals surface area (Å²) in [4.78, 5) is 21.6. The summed E-state index contributed by atoms with van der Waals surface area (Å²) in [6.07, 6.45) is 2.96. The summed E-state index contributed by atoms with van der Waals surface area (Å²) in [6, 6.07) is 4.21. The van der Waals surface area contributed by atoms with Crippen LogP contribution in [0.1, 0.15) is 0 Å². The van der Waals surface area contributed by atoms with Crippen LogP contribution >= 0.6 is 15.9 Å². The van der Waals surface area contributed by atoms with Crippen LogP contribution in [0, 0.1) is 10.1 Å². The SMILES string of the molecule is COc1ccc(NC(=O)/C=C/CBr)cc1[N+](=O)[O-]. The van der Waals surface area contributed by atoms with Crippen molar-refractivity contribution < 1.29 is 14.5 Å². The van der Waals surface area contributed by atoms with Gasteiger partial charge in [-0.05, 0) is 12.1 Å². The Balaban J connectivity index is 2.91. The minimum atomic E-state index is -0.567. The number of alkyl halides is 1. The molecular weight excluding hydrogens is 304 g/mol. The average molecular weight is 315 g/mol. The van der Waals surface area contributed by atoms with Crippen molar-refractivity contribution in [2.24, 2.45) is 0 Å². The second kappa shape index (κ2) is 6.75. The van der Waals surface area contributed by atoms with Crippen LogP contribution in [0.2, 0.25) is 0 Å². The highest BCUT2D eigenvalue weighted by Gasteiger charge is 2.15. The van der Waals surface area contributed by atoms with Crippen molar-refractivity contribution in [3.8, 4) is 5.75 Å². The van der Waals surface area contributed by atoms with E-state index in [2.05, 4.69) is 21.2 Å². The molecule has 0 fully saturated rings. The molecule has 0 saturated heterocycles. The molecule has 0 aromatic heterocycles. The first-order chi connectivity index (χ1) is 8.58. The van der Waals surface area contributed by atoms with Gasteiger partial charge in [-0.25, -0.2) is 0 Å². The number of nitrogens with zero attached hydrogens (tertiary/aromatic N) is 1. The van der Waals surface area contributed by atoms with E-state index in [9.17, 15) is 14.9 Å². The van der Waals surface area contributed by atoms with E-state index >= 15 is 0 Å². The zero-order valence-corrected chi connectivity index (χ0v) is 11.1. The number of carbonyl (C=O) groups excluding carboxylic acids is 1. The van der Waals surface area contributed by atoms with Crippen molar-refractivity contribution in [3.05, 3.63) is 40.5 Å². The number of nitrogens with one attached hydrogen (secondary N) is 1. The van der Waals surface area contributed by atoms with Crippen molar-refractivity contribution >= 4 is 33.2 Å². The number of nitro groups is 1. The molecule has 18 heavy (non-hydrogen) atoms. The van der Waals surface area contributed by atoms with Gasteiger partial charge < -0.3 is 10.1 Å². The molecule has 7 heteroatoms. The number of ether oxygens (including phenoxy) is 1. The maximum absolute atomic E-state index is 11.4. The molecule has 0 atom stereocenters. The van der Waals surface area contributed by atoms with Gasteiger partial charge in [-0.15, -0.1) is 0 Å². The highest BCUT2D eigenvalue weighted by atomic mass is 79.9. The molecule has 6 nitrogen and oxygen atoms in total. The Hall–Kier alpha value is -1.89. The van der Waals surface area contributed by atoms with Crippen LogP contribution in [0.5, 0.6) is 5.75 Å². The molecule has 0 unspecified atom stereocenters. The number of nitro benzene ring substituents is 1. The number of hydrogen-bond donors (Lipinski definition) is 1. The summed E-state index contributed by atoms with van der Waals surface area (Å²) < 4.78 is 4.86. The summed E-state index contributed by atoms with van der Waals surface area (Å²) in [5.41, 5.74) is 0.145. The maximum Gasteiger partial charge on any atom is 0.312 e. The van der Waals surface area contributed by atoms with Crippen molar-refractivity contribution in [1.82, 2.24) is 0 Å². The van der Waals surface area contributed by atoms with Crippen LogP contribution in [0.4, 0.5) is 11.4 Å². The molecule has 0 saturated carbocycles. The second-order valence-corrected chi connectivity index (χ2v) is 3.84. The minimum Gasteiger partial charge on any atom is -0.490 e. The number of anilines is 1. The Morgan fingerprint density at radius 2 is 2.33 bits per heavy atom. The minimum absolute atomic E-state index is 0.147. The number of halogens is 1. The molecule has 0 heterocycles. The van der Waals surface area contributed by atoms with Crippen LogP contribution in [-0.2, 0) is 4.79 Å². The lowest BCUT2D eigenvalue weighted by Gasteiger charge is -2.05. The first kappa shape index (κ1) is 14.2. The van der Waals surface area contributed by atoms with E-state index in [1.165, 1.54) is 31.4 Å². The molecule has 1 aromatic rings. The monoisotopic (exact) mass is 314 g/mol. The molecule has 1 amide bonds. The fourth-order valence-corrected chi connectivity index (χ4v) is 1.43. The predicted molar refractivity (Wildman–Crippen MR) is 71.2 cm³/mol. The Morgan fingerprint density at radius 3 is 2.89 bits per heavy atom. The quantitative estimate of drug-likeness (QED) is 0.392. The van der Waals surface area contributed by atoms with Crippen LogP contribution in [-0.4, -0.2) is 23.3 Å². The smallest absolute Gasteiger partial charge is 0.312 e. The first-order valence-electron chi connectivity index (χ1n) is 4.94. The molecule has 1 aromatic carbocycles. The third-order valence-corrected chi connectivity index (χ3v) is 2.38. The average Bonchev–Trinajstić information content (AvgIpc) is 2.36. The van der Waals surface area contributed by atoms with Crippen molar-refractivity contribution in [1.29, 1.82) is 0 Å². The van der Waals surface area contributed by atoms with Gasteiger partial charge >= 0.3 is 5.69 Å². The summed E-state index contributed by atoms with van der Waals surface area (Å²) in [6.45, 7) is 0. The van der Waals surface area contributed by atoms with Gasteiger partial charge in [0.1, 0.15) is 0 Å². The summed E-state index contributed by atoms with van der Waals surface area (Å²) >= 11 is 3.14. The fourth-order valence-electron chi connectivity index (χ4n) is 1.25. The zero-order chi connectivity index (χ0) is 13.5. The molecule has 1 N–H and O–H groups in total. The lowest BCUT2D eigenvalue weighted by atomic mass is 10.2. The number of carbonyl (C=O) groups is 1. The van der Waals surface area contributed by atoms with E-state index in [-0.39, 0.29) is 17.3 Å². The number of rotatable bonds is 5. The molecule has 0 aliphatic rings. The third kappa shape index (κ3) is 3.85. The molecule has 0 aliphatic carbocycles. The largest absolute Gasteiger partial charge is 0.490 e. The highest BCUT2D eigenvalue weighted by molar-refractivity contribution is 9.09. The van der Waals surface area contributed by atoms with Gasteiger partial charge in [0.05, 0.1) is 12.0 Å². The van der Waals surface area contributed by atoms with Gasteiger partial charge in [0.15, 0.2) is 5.75 Å². The van der Waals surface area contributed by atoms with Crippen molar-refractivity contribution in [2.45, 2.75) is 0 Å². The Bertz CT molecular complexity index is 488. The predicted octanol–water partition coefficient (Wildman–Crippen LogP) is 2.49. The summed E-state index contributed by atoms with van der Waals surface area (Å²) in [5.74, 6) is -0.206. The van der Waals surface area contributed by atoms with Gasteiger partial charge in [0.25, 0.3) is 0 Å². The van der Waals surface area contributed by atoms with Gasteiger partial charge in [0, 0.05) is 23.2 Å². The molecule has 0 spiro atoms. The Kier molecular flexibility index (Phi) is 5.31. The van der Waals surface area contributed by atoms with Crippen molar-refractivity contribution in [3.63, 3.8) is 0 Å². The number of benzene rings is 1. The van der Waals surface area contributed by atoms with E-state index in [0.717, 1.165) is 0 Å². The van der Waals surface area contributed by atoms with E-state index < -0.39 is 4.92 Å². The van der Waals surface area contributed by atoms with Gasteiger partial charge in [-0.3, -0.25) is 14.9 Å².